The van der Waals surface area contributed by atoms with E-state index in [1.165, 1.54) is 31.3 Å². The molecule has 2 nitrogen and oxygen atoms in total. The highest BCUT2D eigenvalue weighted by molar-refractivity contribution is 5.91. The first-order valence-corrected chi connectivity index (χ1v) is 13.3. The molecule has 4 rings (SSSR count). The number of carbonyl (C=O) groups is 2. The van der Waals surface area contributed by atoms with Gasteiger partial charge in [-0.1, -0.05) is 47.1 Å². The second kappa shape index (κ2) is 8.45. The van der Waals surface area contributed by atoms with Crippen LogP contribution in [0.3, 0.4) is 0 Å². The summed E-state index contributed by atoms with van der Waals surface area (Å²) in [4.78, 5) is 24.5. The maximum Gasteiger partial charge on any atom is 0.155 e. The van der Waals surface area contributed by atoms with Crippen molar-refractivity contribution in [2.24, 2.45) is 52.3 Å². The van der Waals surface area contributed by atoms with Crippen LogP contribution >= 0.6 is 0 Å². The average molecular weight is 427 g/mol. The van der Waals surface area contributed by atoms with Gasteiger partial charge in [0.2, 0.25) is 0 Å². The van der Waals surface area contributed by atoms with Gasteiger partial charge in [-0.2, -0.15) is 0 Å². The van der Waals surface area contributed by atoms with Crippen molar-refractivity contribution in [3.8, 4) is 0 Å². The molecule has 8 unspecified atom stereocenters. The van der Waals surface area contributed by atoms with Gasteiger partial charge >= 0.3 is 0 Å². The molecule has 0 radical (unpaired) electrons. The molecule has 0 aromatic rings. The van der Waals surface area contributed by atoms with Crippen LogP contribution in [0.2, 0.25) is 0 Å². The summed E-state index contributed by atoms with van der Waals surface area (Å²) < 4.78 is 0. The Morgan fingerprint density at radius 1 is 1.10 bits per heavy atom. The Bertz CT molecular complexity index is 748. The topological polar surface area (TPSA) is 34.1 Å². The van der Waals surface area contributed by atoms with Crippen molar-refractivity contribution in [2.75, 3.05) is 0 Å². The van der Waals surface area contributed by atoms with Gasteiger partial charge in [0.15, 0.2) is 5.78 Å². The molecule has 174 valence electrons. The van der Waals surface area contributed by atoms with Gasteiger partial charge in [0.25, 0.3) is 0 Å². The lowest BCUT2D eigenvalue weighted by molar-refractivity contribution is -0.120. The molecule has 4 aliphatic carbocycles. The number of Topliss-reactive ketones (excluding diaryl/α,β-unsaturated/α-hetero) is 1. The van der Waals surface area contributed by atoms with Gasteiger partial charge < -0.3 is 0 Å². The molecule has 3 saturated carbocycles. The quantitative estimate of drug-likeness (QED) is 0.443. The summed E-state index contributed by atoms with van der Waals surface area (Å²) in [6.07, 6.45) is 13.0. The van der Waals surface area contributed by atoms with Crippen molar-refractivity contribution in [3.05, 3.63) is 11.6 Å². The Kier molecular flexibility index (Phi) is 6.34. The van der Waals surface area contributed by atoms with Gasteiger partial charge in [-0.05, 0) is 103 Å². The second-order valence-corrected chi connectivity index (χ2v) is 12.9. The molecule has 0 aromatic heterocycles. The third-order valence-corrected chi connectivity index (χ3v) is 10.6. The minimum atomic E-state index is 0.263. The third-order valence-electron chi connectivity index (χ3n) is 10.6. The summed E-state index contributed by atoms with van der Waals surface area (Å²) in [6.45, 7) is 14.3. The predicted molar refractivity (Wildman–Crippen MR) is 128 cm³/mol. The summed E-state index contributed by atoms with van der Waals surface area (Å²) in [5.74, 6) is 5.83. The van der Waals surface area contributed by atoms with Crippen molar-refractivity contribution in [3.63, 3.8) is 0 Å². The van der Waals surface area contributed by atoms with E-state index in [9.17, 15) is 9.59 Å². The molecule has 0 heterocycles. The molecule has 0 bridgehead atoms. The van der Waals surface area contributed by atoms with E-state index in [1.54, 1.807) is 0 Å². The van der Waals surface area contributed by atoms with Gasteiger partial charge in [-0.25, -0.2) is 0 Å². The van der Waals surface area contributed by atoms with Crippen molar-refractivity contribution in [2.45, 2.75) is 106 Å². The van der Waals surface area contributed by atoms with Gasteiger partial charge in [0.1, 0.15) is 5.78 Å². The summed E-state index contributed by atoms with van der Waals surface area (Å²) in [7, 11) is 0. The summed E-state index contributed by atoms with van der Waals surface area (Å²) in [5, 5.41) is 0. The highest BCUT2D eigenvalue weighted by atomic mass is 16.1. The fourth-order valence-electron chi connectivity index (χ4n) is 9.03. The normalized spacial score (nSPS) is 43.1. The van der Waals surface area contributed by atoms with E-state index in [0.29, 0.717) is 34.7 Å². The molecule has 0 aromatic carbocycles. The van der Waals surface area contributed by atoms with Gasteiger partial charge in [-0.15, -0.1) is 0 Å². The number of carbonyl (C=O) groups excluding carboxylic acids is 2. The van der Waals surface area contributed by atoms with Crippen LogP contribution in [0, 0.1) is 52.3 Å². The molecule has 0 saturated heterocycles. The molecular formula is C29H46O2. The molecule has 4 aliphatic rings. The van der Waals surface area contributed by atoms with E-state index in [4.69, 9.17) is 0 Å². The van der Waals surface area contributed by atoms with Gasteiger partial charge in [-0.3, -0.25) is 9.59 Å². The minimum Gasteiger partial charge on any atom is -0.300 e. The van der Waals surface area contributed by atoms with Gasteiger partial charge in [0, 0.05) is 19.3 Å². The molecule has 0 spiro atoms. The predicted octanol–water partition coefficient (Wildman–Crippen LogP) is 7.41. The first-order valence-electron chi connectivity index (χ1n) is 13.3. The second-order valence-electron chi connectivity index (χ2n) is 12.9. The Hall–Kier alpha value is -0.920. The first kappa shape index (κ1) is 23.2. The standard InChI is InChI=1S/C29H46O2/c1-18(2)15-22(30)8-7-19(3)24-9-10-25-27-20(4)16-21-17-23(31)11-13-28(21,5)26(27)12-14-29(24,25)6/h17-20,24-27H,7-16H2,1-6H3. The van der Waals surface area contributed by atoms with Crippen molar-refractivity contribution in [1.29, 1.82) is 0 Å². The monoisotopic (exact) mass is 426 g/mol. The molecule has 2 heteroatoms. The SMILES string of the molecule is CC(C)CC(=O)CCC(C)C1CCC2C3C(C)CC4=CC(=O)CCC4(C)C3CCC12C. The van der Waals surface area contributed by atoms with E-state index in [1.807, 2.05) is 6.08 Å². The zero-order valence-electron chi connectivity index (χ0n) is 21.0. The third kappa shape index (κ3) is 3.99. The van der Waals surface area contributed by atoms with Crippen LogP contribution in [-0.2, 0) is 9.59 Å². The smallest absolute Gasteiger partial charge is 0.155 e. The van der Waals surface area contributed by atoms with Gasteiger partial charge in [0.05, 0.1) is 0 Å². The Labute approximate surface area is 191 Å². The van der Waals surface area contributed by atoms with Crippen LogP contribution in [0.25, 0.3) is 0 Å². The van der Waals surface area contributed by atoms with Crippen LogP contribution in [0.15, 0.2) is 11.6 Å². The first-order chi connectivity index (χ1) is 14.6. The zero-order valence-corrected chi connectivity index (χ0v) is 21.0. The summed E-state index contributed by atoms with van der Waals surface area (Å²) in [5.41, 5.74) is 2.19. The average Bonchev–Trinajstić information content (AvgIpc) is 3.04. The van der Waals surface area contributed by atoms with E-state index in [0.717, 1.165) is 62.2 Å². The molecule has 0 aliphatic heterocycles. The molecule has 0 amide bonds. The van der Waals surface area contributed by atoms with Crippen molar-refractivity contribution >= 4 is 11.6 Å². The molecular weight excluding hydrogens is 380 g/mol. The fourth-order valence-corrected chi connectivity index (χ4v) is 9.03. The Morgan fingerprint density at radius 3 is 2.55 bits per heavy atom. The number of ketones is 2. The van der Waals surface area contributed by atoms with Crippen LogP contribution in [0.1, 0.15) is 106 Å². The molecule has 8 atom stereocenters. The lowest BCUT2D eigenvalue weighted by atomic mass is 9.44. The lowest BCUT2D eigenvalue weighted by Crippen LogP contribution is -2.53. The van der Waals surface area contributed by atoms with Crippen LogP contribution in [0.5, 0.6) is 0 Å². The van der Waals surface area contributed by atoms with E-state index in [2.05, 4.69) is 41.5 Å². The number of allylic oxidation sites excluding steroid dienone is 1. The number of fused-ring (bicyclic) bond motifs is 5. The molecule has 3 fully saturated rings. The highest BCUT2D eigenvalue weighted by Gasteiger charge is 2.60. The molecule has 31 heavy (non-hydrogen) atoms. The maximum absolute atomic E-state index is 12.3. The largest absolute Gasteiger partial charge is 0.300 e. The Morgan fingerprint density at radius 2 is 1.84 bits per heavy atom. The number of rotatable bonds is 6. The van der Waals surface area contributed by atoms with Crippen molar-refractivity contribution in [1.82, 2.24) is 0 Å². The van der Waals surface area contributed by atoms with E-state index < -0.39 is 0 Å². The van der Waals surface area contributed by atoms with E-state index >= 15 is 0 Å². The summed E-state index contributed by atoms with van der Waals surface area (Å²) >= 11 is 0. The van der Waals surface area contributed by atoms with E-state index in [-0.39, 0.29) is 5.41 Å². The van der Waals surface area contributed by atoms with Crippen molar-refractivity contribution < 1.29 is 9.59 Å². The summed E-state index contributed by atoms with van der Waals surface area (Å²) in [6, 6.07) is 0. The Balaban J connectivity index is 1.50. The van der Waals surface area contributed by atoms with Crippen LogP contribution in [-0.4, -0.2) is 11.6 Å². The molecule has 0 N–H and O–H groups in total. The lowest BCUT2D eigenvalue weighted by Gasteiger charge is -2.60. The number of hydrogen-bond donors (Lipinski definition) is 0. The fraction of sp³-hybridized carbons (Fsp3) is 0.862. The maximum atomic E-state index is 12.3. The highest BCUT2D eigenvalue weighted by Crippen LogP contribution is 2.68. The zero-order chi connectivity index (χ0) is 22.6. The van der Waals surface area contributed by atoms with Crippen LogP contribution in [0.4, 0.5) is 0 Å². The minimum absolute atomic E-state index is 0.263. The number of hydrogen-bond acceptors (Lipinski definition) is 2. The van der Waals surface area contributed by atoms with Crippen LogP contribution < -0.4 is 0 Å².